The zero-order chi connectivity index (χ0) is 22.7. The number of esters is 1. The predicted molar refractivity (Wildman–Crippen MR) is 134 cm³/mol. The van der Waals surface area contributed by atoms with Crippen molar-refractivity contribution >= 4 is 5.97 Å². The van der Waals surface area contributed by atoms with Crippen molar-refractivity contribution in [3.63, 3.8) is 0 Å². The Morgan fingerprint density at radius 1 is 0.774 bits per heavy atom. The highest BCUT2D eigenvalue weighted by Gasteiger charge is 2.26. The van der Waals surface area contributed by atoms with Crippen LogP contribution in [-0.2, 0) is 9.53 Å². The molecule has 31 heavy (non-hydrogen) atoms. The van der Waals surface area contributed by atoms with Gasteiger partial charge in [0.1, 0.15) is 0 Å². The summed E-state index contributed by atoms with van der Waals surface area (Å²) in [5, 5.41) is 0. The number of hydrogen-bond acceptors (Lipinski definition) is 4. The number of rotatable bonds is 19. The maximum absolute atomic E-state index is 11.9. The molecule has 0 radical (unpaired) electrons. The van der Waals surface area contributed by atoms with Crippen molar-refractivity contribution in [3.05, 3.63) is 0 Å². The minimum Gasteiger partial charge on any atom is -0.469 e. The second-order valence-electron chi connectivity index (χ2n) is 10.0. The Hall–Kier alpha value is -0.610. The van der Waals surface area contributed by atoms with Crippen LogP contribution in [0.5, 0.6) is 0 Å². The highest BCUT2D eigenvalue weighted by atomic mass is 16.5. The van der Waals surface area contributed by atoms with Crippen LogP contribution in [0.25, 0.3) is 0 Å². The molecule has 1 heterocycles. The minimum absolute atomic E-state index is 0.00120. The Morgan fingerprint density at radius 3 is 1.68 bits per heavy atom. The fourth-order valence-corrected chi connectivity index (χ4v) is 4.92. The lowest BCUT2D eigenvalue weighted by molar-refractivity contribution is -0.145. The molecule has 1 rings (SSSR count). The van der Waals surface area contributed by atoms with Crippen LogP contribution in [-0.4, -0.2) is 62.1 Å². The summed E-state index contributed by atoms with van der Waals surface area (Å²) in [4.78, 5) is 17.0. The lowest BCUT2D eigenvalue weighted by atomic mass is 9.95. The van der Waals surface area contributed by atoms with E-state index in [0.717, 1.165) is 32.6 Å². The van der Waals surface area contributed by atoms with E-state index in [1.165, 1.54) is 103 Å². The first-order valence-corrected chi connectivity index (χ1v) is 13.6. The summed E-state index contributed by atoms with van der Waals surface area (Å²) in [5.74, 6) is -0.0543. The van der Waals surface area contributed by atoms with Gasteiger partial charge >= 0.3 is 5.97 Å². The van der Waals surface area contributed by atoms with Gasteiger partial charge in [-0.15, -0.1) is 0 Å². The molecule has 1 fully saturated rings. The van der Waals surface area contributed by atoms with Crippen LogP contribution in [0.2, 0.25) is 0 Å². The standard InChI is InChI=1S/C27H54N2O2/c1-5-6-7-8-9-10-11-12-13-14-15-16-17-18-19-26(24-25(2)27(30)31-4)29-22-20-28(3)21-23-29/h25-26H,5-24H2,1-4H3. The van der Waals surface area contributed by atoms with Crippen LogP contribution in [0.15, 0.2) is 0 Å². The third-order valence-electron chi connectivity index (χ3n) is 7.17. The Labute approximate surface area is 194 Å². The van der Waals surface area contributed by atoms with Gasteiger partial charge in [0.25, 0.3) is 0 Å². The lowest BCUT2D eigenvalue weighted by Crippen LogP contribution is -2.49. The van der Waals surface area contributed by atoms with Gasteiger partial charge in [0.05, 0.1) is 13.0 Å². The van der Waals surface area contributed by atoms with Crippen molar-refractivity contribution in [2.45, 2.75) is 123 Å². The summed E-state index contributed by atoms with van der Waals surface area (Å²) in [7, 11) is 3.72. The van der Waals surface area contributed by atoms with Gasteiger partial charge in [0.2, 0.25) is 0 Å². The van der Waals surface area contributed by atoms with Gasteiger partial charge in [0, 0.05) is 32.2 Å². The summed E-state index contributed by atoms with van der Waals surface area (Å²) in [6.07, 6.45) is 21.8. The quantitative estimate of drug-likeness (QED) is 0.166. The van der Waals surface area contributed by atoms with E-state index in [1.807, 2.05) is 6.92 Å². The van der Waals surface area contributed by atoms with Gasteiger partial charge in [-0.2, -0.15) is 0 Å². The smallest absolute Gasteiger partial charge is 0.308 e. The molecular formula is C27H54N2O2. The SMILES string of the molecule is CCCCCCCCCCCCCCCCC(CC(C)C(=O)OC)N1CCN(C)CC1. The van der Waals surface area contributed by atoms with Gasteiger partial charge in [-0.1, -0.05) is 104 Å². The number of nitrogens with zero attached hydrogens (tertiary/aromatic N) is 2. The number of carbonyl (C=O) groups is 1. The summed E-state index contributed by atoms with van der Waals surface area (Å²) < 4.78 is 4.98. The Balaban J connectivity index is 2.10. The lowest BCUT2D eigenvalue weighted by Gasteiger charge is -2.39. The summed E-state index contributed by atoms with van der Waals surface area (Å²) in [5.41, 5.74) is 0. The van der Waals surface area contributed by atoms with Crippen molar-refractivity contribution < 1.29 is 9.53 Å². The number of methoxy groups -OCH3 is 1. The molecule has 1 aliphatic heterocycles. The van der Waals surface area contributed by atoms with E-state index in [-0.39, 0.29) is 11.9 Å². The number of unbranched alkanes of at least 4 members (excludes halogenated alkanes) is 13. The molecule has 0 aromatic rings. The molecule has 2 unspecified atom stereocenters. The maximum atomic E-state index is 11.9. The Bertz CT molecular complexity index is 421. The van der Waals surface area contributed by atoms with Crippen LogP contribution in [0, 0.1) is 5.92 Å². The molecule has 0 saturated carbocycles. The van der Waals surface area contributed by atoms with E-state index in [1.54, 1.807) is 0 Å². The van der Waals surface area contributed by atoms with Crippen LogP contribution < -0.4 is 0 Å². The summed E-state index contributed by atoms with van der Waals surface area (Å²) in [6.45, 7) is 8.86. The first kappa shape index (κ1) is 28.4. The van der Waals surface area contributed by atoms with E-state index >= 15 is 0 Å². The van der Waals surface area contributed by atoms with E-state index < -0.39 is 0 Å². The largest absolute Gasteiger partial charge is 0.469 e. The first-order chi connectivity index (χ1) is 15.1. The van der Waals surface area contributed by atoms with E-state index in [0.29, 0.717) is 6.04 Å². The van der Waals surface area contributed by atoms with Crippen LogP contribution in [0.4, 0.5) is 0 Å². The molecule has 0 aliphatic carbocycles. The zero-order valence-electron chi connectivity index (χ0n) is 21.5. The fourth-order valence-electron chi connectivity index (χ4n) is 4.92. The third kappa shape index (κ3) is 14.2. The number of piperazine rings is 1. The van der Waals surface area contributed by atoms with Crippen molar-refractivity contribution in [2.24, 2.45) is 5.92 Å². The molecular weight excluding hydrogens is 384 g/mol. The normalized spacial score (nSPS) is 17.5. The Kier molecular flexibility index (Phi) is 17.3. The molecule has 0 bridgehead atoms. The van der Waals surface area contributed by atoms with Gasteiger partial charge in [0.15, 0.2) is 0 Å². The molecule has 0 amide bonds. The minimum atomic E-state index is -0.0555. The molecule has 4 heteroatoms. The topological polar surface area (TPSA) is 32.8 Å². The second-order valence-corrected chi connectivity index (χ2v) is 10.0. The van der Waals surface area contributed by atoms with Crippen LogP contribution >= 0.6 is 0 Å². The maximum Gasteiger partial charge on any atom is 0.308 e. The second kappa shape index (κ2) is 18.9. The molecule has 4 nitrogen and oxygen atoms in total. The number of hydrogen-bond donors (Lipinski definition) is 0. The average molecular weight is 439 g/mol. The van der Waals surface area contributed by atoms with Crippen molar-refractivity contribution in [1.29, 1.82) is 0 Å². The molecule has 0 spiro atoms. The average Bonchev–Trinajstić information content (AvgIpc) is 2.78. The van der Waals surface area contributed by atoms with E-state index in [4.69, 9.17) is 4.74 Å². The number of carbonyl (C=O) groups excluding carboxylic acids is 1. The van der Waals surface area contributed by atoms with Crippen LogP contribution in [0.1, 0.15) is 117 Å². The Morgan fingerprint density at radius 2 is 1.23 bits per heavy atom. The van der Waals surface area contributed by atoms with Crippen molar-refractivity contribution in [1.82, 2.24) is 9.80 Å². The zero-order valence-corrected chi connectivity index (χ0v) is 21.5. The van der Waals surface area contributed by atoms with Gasteiger partial charge in [-0.25, -0.2) is 0 Å². The fraction of sp³-hybridized carbons (Fsp3) is 0.963. The first-order valence-electron chi connectivity index (χ1n) is 13.6. The van der Waals surface area contributed by atoms with Gasteiger partial charge < -0.3 is 9.64 Å². The molecule has 2 atom stereocenters. The van der Waals surface area contributed by atoms with Crippen LogP contribution in [0.3, 0.4) is 0 Å². The molecule has 0 aromatic carbocycles. The van der Waals surface area contributed by atoms with Gasteiger partial charge in [-0.05, 0) is 19.9 Å². The number of likely N-dealkylation sites (N-methyl/N-ethyl adjacent to an activating group) is 1. The third-order valence-corrected chi connectivity index (χ3v) is 7.17. The number of ether oxygens (including phenoxy) is 1. The molecule has 0 N–H and O–H groups in total. The highest BCUT2D eigenvalue weighted by molar-refractivity contribution is 5.71. The van der Waals surface area contributed by atoms with Crippen molar-refractivity contribution in [2.75, 3.05) is 40.3 Å². The monoisotopic (exact) mass is 438 g/mol. The highest BCUT2D eigenvalue weighted by Crippen LogP contribution is 2.21. The molecule has 0 aromatic heterocycles. The molecule has 184 valence electrons. The van der Waals surface area contributed by atoms with Gasteiger partial charge in [-0.3, -0.25) is 9.69 Å². The van der Waals surface area contributed by atoms with E-state index in [2.05, 4.69) is 23.8 Å². The molecule has 1 aliphatic rings. The summed E-state index contributed by atoms with van der Waals surface area (Å²) >= 11 is 0. The molecule has 1 saturated heterocycles. The van der Waals surface area contributed by atoms with Crippen molar-refractivity contribution in [3.8, 4) is 0 Å². The van der Waals surface area contributed by atoms with E-state index in [9.17, 15) is 4.79 Å². The predicted octanol–water partition coefficient (Wildman–Crippen LogP) is 6.67. The summed E-state index contributed by atoms with van der Waals surface area (Å²) in [6, 6.07) is 0.528.